The van der Waals surface area contributed by atoms with Gasteiger partial charge in [-0.3, -0.25) is 4.90 Å². The highest BCUT2D eigenvalue weighted by molar-refractivity contribution is 5.85. The second kappa shape index (κ2) is 10.0. The van der Waals surface area contributed by atoms with Crippen LogP contribution in [0.25, 0.3) is 0 Å². The monoisotopic (exact) mass is 286 g/mol. The zero-order valence-electron chi connectivity index (χ0n) is 11.2. The van der Waals surface area contributed by atoms with Gasteiger partial charge >= 0.3 is 0 Å². The van der Waals surface area contributed by atoms with Crippen LogP contribution >= 0.6 is 12.4 Å². The van der Waals surface area contributed by atoms with Crippen LogP contribution in [0.1, 0.15) is 0 Å². The standard InChI is InChI=1S/C14H22N2O2.ClH/c1-2-4-14(5-3-1)18-11-7-15-6-8-16-9-12-17-13-10-16;/h1-5,15H,6-13H2;1H. The first-order chi connectivity index (χ1) is 8.95. The van der Waals surface area contributed by atoms with E-state index >= 15 is 0 Å². The number of hydrogen-bond acceptors (Lipinski definition) is 4. The summed E-state index contributed by atoms with van der Waals surface area (Å²) in [5.41, 5.74) is 0. The third-order valence-corrected chi connectivity index (χ3v) is 3.00. The molecule has 0 aliphatic carbocycles. The zero-order chi connectivity index (χ0) is 12.5. The van der Waals surface area contributed by atoms with E-state index in [1.165, 1.54) is 0 Å². The van der Waals surface area contributed by atoms with Gasteiger partial charge in [-0.1, -0.05) is 18.2 Å². The van der Waals surface area contributed by atoms with Crippen molar-refractivity contribution in [3.8, 4) is 5.75 Å². The summed E-state index contributed by atoms with van der Waals surface area (Å²) in [6.07, 6.45) is 0. The minimum atomic E-state index is 0. The van der Waals surface area contributed by atoms with Crippen LogP contribution < -0.4 is 10.1 Å². The van der Waals surface area contributed by atoms with Gasteiger partial charge in [-0.05, 0) is 12.1 Å². The molecule has 1 aliphatic heterocycles. The van der Waals surface area contributed by atoms with Gasteiger partial charge in [0.15, 0.2) is 0 Å². The smallest absolute Gasteiger partial charge is 0.119 e. The van der Waals surface area contributed by atoms with Crippen molar-refractivity contribution in [2.24, 2.45) is 0 Å². The first-order valence-corrected chi connectivity index (χ1v) is 6.64. The Hall–Kier alpha value is -0.810. The second-order valence-electron chi connectivity index (χ2n) is 4.37. The maximum Gasteiger partial charge on any atom is 0.119 e. The minimum Gasteiger partial charge on any atom is -0.492 e. The Balaban J connectivity index is 0.00000180. The molecule has 19 heavy (non-hydrogen) atoms. The SMILES string of the molecule is Cl.c1ccc(OCCNCCN2CCOCC2)cc1. The van der Waals surface area contributed by atoms with Crippen molar-refractivity contribution >= 4 is 12.4 Å². The van der Waals surface area contributed by atoms with E-state index in [9.17, 15) is 0 Å². The van der Waals surface area contributed by atoms with E-state index in [0.717, 1.165) is 51.7 Å². The van der Waals surface area contributed by atoms with Crippen LogP contribution in [0.2, 0.25) is 0 Å². The van der Waals surface area contributed by atoms with Crippen molar-refractivity contribution in [1.82, 2.24) is 10.2 Å². The van der Waals surface area contributed by atoms with Crippen molar-refractivity contribution in [2.75, 3.05) is 52.5 Å². The number of ether oxygens (including phenoxy) is 2. The molecule has 0 bridgehead atoms. The molecule has 1 saturated heterocycles. The fourth-order valence-electron chi connectivity index (χ4n) is 1.94. The van der Waals surface area contributed by atoms with Gasteiger partial charge in [0.25, 0.3) is 0 Å². The highest BCUT2D eigenvalue weighted by Crippen LogP contribution is 2.07. The van der Waals surface area contributed by atoms with Crippen molar-refractivity contribution in [2.45, 2.75) is 0 Å². The highest BCUT2D eigenvalue weighted by atomic mass is 35.5. The predicted molar refractivity (Wildman–Crippen MR) is 79.3 cm³/mol. The number of rotatable bonds is 7. The number of para-hydroxylation sites is 1. The normalized spacial score (nSPS) is 15.8. The molecule has 0 aromatic heterocycles. The number of hydrogen-bond donors (Lipinski definition) is 1. The Labute approximate surface area is 121 Å². The average molecular weight is 287 g/mol. The molecule has 2 rings (SSSR count). The highest BCUT2D eigenvalue weighted by Gasteiger charge is 2.08. The van der Waals surface area contributed by atoms with Gasteiger partial charge in [-0.25, -0.2) is 0 Å². The van der Waals surface area contributed by atoms with Crippen LogP contribution in [-0.4, -0.2) is 57.4 Å². The van der Waals surface area contributed by atoms with Crippen LogP contribution in [0.3, 0.4) is 0 Å². The maximum atomic E-state index is 5.60. The Kier molecular flexibility index (Phi) is 8.58. The Morgan fingerprint density at radius 1 is 1.11 bits per heavy atom. The van der Waals surface area contributed by atoms with Gasteiger partial charge in [-0.15, -0.1) is 12.4 Å². The summed E-state index contributed by atoms with van der Waals surface area (Å²) in [5, 5.41) is 3.40. The third-order valence-electron chi connectivity index (χ3n) is 3.00. The lowest BCUT2D eigenvalue weighted by Crippen LogP contribution is -2.40. The molecule has 0 spiro atoms. The largest absolute Gasteiger partial charge is 0.492 e. The van der Waals surface area contributed by atoms with Crippen molar-refractivity contribution < 1.29 is 9.47 Å². The summed E-state index contributed by atoms with van der Waals surface area (Å²) in [7, 11) is 0. The van der Waals surface area contributed by atoms with E-state index in [-0.39, 0.29) is 12.4 Å². The van der Waals surface area contributed by atoms with E-state index in [1.807, 2.05) is 30.3 Å². The molecule has 0 saturated carbocycles. The van der Waals surface area contributed by atoms with Crippen molar-refractivity contribution in [3.63, 3.8) is 0 Å². The molecule has 108 valence electrons. The molecule has 0 atom stereocenters. The first kappa shape index (κ1) is 16.2. The summed E-state index contributed by atoms with van der Waals surface area (Å²) in [6, 6.07) is 9.93. The van der Waals surface area contributed by atoms with E-state index < -0.39 is 0 Å². The summed E-state index contributed by atoms with van der Waals surface area (Å²) < 4.78 is 10.9. The summed E-state index contributed by atoms with van der Waals surface area (Å²) in [4.78, 5) is 2.43. The number of benzene rings is 1. The maximum absolute atomic E-state index is 5.60. The lowest BCUT2D eigenvalue weighted by molar-refractivity contribution is 0.0383. The minimum absolute atomic E-state index is 0. The Morgan fingerprint density at radius 2 is 1.84 bits per heavy atom. The number of nitrogens with one attached hydrogen (secondary N) is 1. The van der Waals surface area contributed by atoms with Crippen LogP contribution in [0.4, 0.5) is 0 Å². The molecule has 1 aromatic rings. The molecule has 0 amide bonds. The van der Waals surface area contributed by atoms with Crippen LogP contribution in [-0.2, 0) is 4.74 Å². The average Bonchev–Trinajstić information content (AvgIpc) is 2.45. The molecule has 5 heteroatoms. The summed E-state index contributed by atoms with van der Waals surface area (Å²) >= 11 is 0. The van der Waals surface area contributed by atoms with Crippen LogP contribution in [0.15, 0.2) is 30.3 Å². The van der Waals surface area contributed by atoms with Gasteiger partial charge < -0.3 is 14.8 Å². The van der Waals surface area contributed by atoms with Gasteiger partial charge in [0.05, 0.1) is 13.2 Å². The molecule has 0 unspecified atom stereocenters. The Bertz CT molecular complexity index is 318. The lowest BCUT2D eigenvalue weighted by Gasteiger charge is -2.26. The quantitative estimate of drug-likeness (QED) is 0.769. The second-order valence-corrected chi connectivity index (χ2v) is 4.37. The van der Waals surface area contributed by atoms with Crippen LogP contribution in [0, 0.1) is 0 Å². The summed E-state index contributed by atoms with van der Waals surface area (Å²) in [6.45, 7) is 7.57. The predicted octanol–water partition coefficient (Wildman–Crippen LogP) is 1.41. The van der Waals surface area contributed by atoms with Gasteiger partial charge in [0.1, 0.15) is 12.4 Å². The van der Waals surface area contributed by atoms with E-state index in [1.54, 1.807) is 0 Å². The van der Waals surface area contributed by atoms with E-state index in [2.05, 4.69) is 10.2 Å². The zero-order valence-corrected chi connectivity index (χ0v) is 12.0. The topological polar surface area (TPSA) is 33.7 Å². The molecule has 0 radical (unpaired) electrons. The van der Waals surface area contributed by atoms with E-state index in [0.29, 0.717) is 6.61 Å². The van der Waals surface area contributed by atoms with Crippen molar-refractivity contribution in [1.29, 1.82) is 0 Å². The van der Waals surface area contributed by atoms with Gasteiger partial charge in [0.2, 0.25) is 0 Å². The fraction of sp³-hybridized carbons (Fsp3) is 0.571. The third kappa shape index (κ3) is 6.78. The number of nitrogens with zero attached hydrogens (tertiary/aromatic N) is 1. The molecular weight excluding hydrogens is 264 g/mol. The molecule has 4 nitrogen and oxygen atoms in total. The lowest BCUT2D eigenvalue weighted by atomic mass is 10.3. The summed E-state index contributed by atoms with van der Waals surface area (Å²) in [5.74, 6) is 0.937. The number of halogens is 1. The van der Waals surface area contributed by atoms with Gasteiger partial charge in [-0.2, -0.15) is 0 Å². The van der Waals surface area contributed by atoms with E-state index in [4.69, 9.17) is 9.47 Å². The fourth-order valence-corrected chi connectivity index (χ4v) is 1.94. The van der Waals surface area contributed by atoms with Crippen molar-refractivity contribution in [3.05, 3.63) is 30.3 Å². The molecule has 1 heterocycles. The first-order valence-electron chi connectivity index (χ1n) is 6.64. The molecule has 1 aromatic carbocycles. The van der Waals surface area contributed by atoms with Crippen LogP contribution in [0.5, 0.6) is 5.75 Å². The molecule has 1 fully saturated rings. The number of morpholine rings is 1. The molecular formula is C14H23ClN2O2. The molecule has 1 aliphatic rings. The van der Waals surface area contributed by atoms with Gasteiger partial charge in [0, 0.05) is 32.7 Å². The molecule has 1 N–H and O–H groups in total. The Morgan fingerprint density at radius 3 is 2.58 bits per heavy atom.